The van der Waals surface area contributed by atoms with E-state index in [4.69, 9.17) is 17.0 Å². The van der Waals surface area contributed by atoms with Gasteiger partial charge in [-0.15, -0.1) is 54.4 Å². The molecule has 0 amide bonds. The second kappa shape index (κ2) is 10.3. The van der Waals surface area contributed by atoms with Crippen molar-refractivity contribution >= 4 is 27.8 Å². The second-order valence-electron chi connectivity index (χ2n) is 5.89. The summed E-state index contributed by atoms with van der Waals surface area (Å²) in [5, 5.41) is 2.60. The van der Waals surface area contributed by atoms with E-state index in [-0.39, 0.29) is 0 Å². The molecule has 0 N–H and O–H groups in total. The normalized spacial score (nSPS) is 12.8. The van der Waals surface area contributed by atoms with Crippen molar-refractivity contribution in [1.82, 2.24) is 4.57 Å². The summed E-state index contributed by atoms with van der Waals surface area (Å²) in [6.45, 7) is 6.44. The van der Waals surface area contributed by atoms with E-state index in [0.717, 1.165) is 6.42 Å². The van der Waals surface area contributed by atoms with Crippen LogP contribution >= 0.6 is 17.0 Å². The number of fused-ring (bicyclic) bond motifs is 1. The fraction of sp³-hybridized carbons (Fsp3) is 0.190. The molecule has 4 heteroatoms. The summed E-state index contributed by atoms with van der Waals surface area (Å²) >= 11 is -0.826. The molecule has 0 saturated carbocycles. The number of halogens is 2. The fourth-order valence-corrected chi connectivity index (χ4v) is 2.64. The third kappa shape index (κ3) is 5.78. The second-order valence-corrected chi connectivity index (χ2v) is 9.62. The molecule has 0 aliphatic heterocycles. The van der Waals surface area contributed by atoms with Crippen LogP contribution in [0.4, 0.5) is 0 Å². The van der Waals surface area contributed by atoms with Gasteiger partial charge < -0.3 is 4.57 Å². The van der Waals surface area contributed by atoms with Crippen LogP contribution in [0.3, 0.4) is 0 Å². The van der Waals surface area contributed by atoms with Gasteiger partial charge >= 0.3 is 37.9 Å². The van der Waals surface area contributed by atoms with Crippen molar-refractivity contribution in [2.75, 3.05) is 0 Å². The number of hydrogen-bond donors (Lipinski definition) is 0. The van der Waals surface area contributed by atoms with Crippen LogP contribution in [-0.4, -0.2) is 4.57 Å². The van der Waals surface area contributed by atoms with Crippen molar-refractivity contribution in [1.29, 1.82) is 0 Å². The molecule has 1 aliphatic rings. The van der Waals surface area contributed by atoms with Crippen molar-refractivity contribution < 1.29 is 20.8 Å². The summed E-state index contributed by atoms with van der Waals surface area (Å²) < 4.78 is 2.12. The Hall–Kier alpha value is -0.947. The molecule has 2 aromatic carbocycles. The van der Waals surface area contributed by atoms with Gasteiger partial charge in [0.15, 0.2) is 0 Å². The average molecular weight is 450 g/mol. The summed E-state index contributed by atoms with van der Waals surface area (Å²) in [6.07, 6.45) is 8.44. The van der Waals surface area contributed by atoms with Crippen molar-refractivity contribution in [3.63, 3.8) is 0 Å². The third-order valence-electron chi connectivity index (χ3n) is 4.33. The van der Waals surface area contributed by atoms with Crippen LogP contribution in [0, 0.1) is 6.08 Å². The summed E-state index contributed by atoms with van der Waals surface area (Å²) in [5.41, 5.74) is 5.48. The van der Waals surface area contributed by atoms with E-state index in [9.17, 15) is 0 Å². The average Bonchev–Trinajstić information content (AvgIpc) is 3.33. The van der Waals surface area contributed by atoms with Crippen molar-refractivity contribution in [3.05, 3.63) is 83.7 Å². The molecule has 1 nitrogen and oxygen atoms in total. The van der Waals surface area contributed by atoms with Gasteiger partial charge in [0.1, 0.15) is 0 Å². The van der Waals surface area contributed by atoms with E-state index in [0.29, 0.717) is 0 Å². The molecular weight excluding hydrogens is 428 g/mol. The predicted octanol–water partition coefficient (Wildman–Crippen LogP) is 7.20. The Bertz CT molecular complexity index is 819. The van der Waals surface area contributed by atoms with E-state index < -0.39 is 20.8 Å². The van der Waals surface area contributed by atoms with Gasteiger partial charge in [-0.05, 0) is 17.8 Å². The zero-order valence-corrected chi connectivity index (χ0v) is 18.7. The minimum atomic E-state index is -0.826. The Labute approximate surface area is 169 Å². The molecule has 0 radical (unpaired) electrons. The standard InChI is InChI=1S/C13H10N.C8H11.2ClH.Zr/c1-2-6-12-10-13(9-11(12)5-1)14-7-3-4-8-14;1-6-4-5-7(2)8(6)3;;;/h1-10H;4H2,1-3H3;2*1H;/q2*-1;;;+4/p-2. The van der Waals surface area contributed by atoms with Gasteiger partial charge in [-0.25, -0.2) is 5.57 Å². The molecular formula is C21H21Cl2NZr. The third-order valence-corrected chi connectivity index (χ3v) is 4.33. The van der Waals surface area contributed by atoms with E-state index in [2.05, 4.69) is 80.2 Å². The Morgan fingerprint density at radius 1 is 1.04 bits per heavy atom. The van der Waals surface area contributed by atoms with Gasteiger partial charge in [0, 0.05) is 12.4 Å². The summed E-state index contributed by atoms with van der Waals surface area (Å²) in [5.74, 6) is 0. The molecule has 4 rings (SSSR count). The quantitative estimate of drug-likeness (QED) is 0.346. The largest absolute Gasteiger partial charge is 0.342 e. The van der Waals surface area contributed by atoms with Crippen LogP contribution in [0.2, 0.25) is 0 Å². The topological polar surface area (TPSA) is 4.93 Å². The maximum absolute atomic E-state index is 4.93. The Balaban J connectivity index is 0.000000175. The minimum Gasteiger partial charge on any atom is -0.342 e. The van der Waals surface area contributed by atoms with E-state index in [1.165, 1.54) is 33.2 Å². The predicted molar refractivity (Wildman–Crippen MR) is 106 cm³/mol. The molecule has 0 spiro atoms. The molecule has 0 saturated heterocycles. The Morgan fingerprint density at radius 2 is 1.68 bits per heavy atom. The van der Waals surface area contributed by atoms with E-state index in [1.807, 2.05) is 12.1 Å². The zero-order chi connectivity index (χ0) is 18.2. The maximum atomic E-state index is 4.93. The van der Waals surface area contributed by atoms with Gasteiger partial charge in [-0.2, -0.15) is 11.1 Å². The molecule has 128 valence electrons. The van der Waals surface area contributed by atoms with E-state index in [1.54, 1.807) is 0 Å². The number of hydrogen-bond acceptors (Lipinski definition) is 0. The van der Waals surface area contributed by atoms with Crippen molar-refractivity contribution in [3.8, 4) is 5.69 Å². The maximum Gasteiger partial charge on any atom is 0.00705 e. The molecule has 0 atom stereocenters. The van der Waals surface area contributed by atoms with Gasteiger partial charge in [-0.1, -0.05) is 19.9 Å². The smallest absolute Gasteiger partial charge is 0.00705 e. The molecule has 1 heterocycles. The number of benzene rings is 1. The number of rotatable bonds is 1. The number of aromatic nitrogens is 1. The number of nitrogens with zero attached hydrogens (tertiary/aromatic N) is 1. The van der Waals surface area contributed by atoms with Crippen LogP contribution < -0.4 is 0 Å². The van der Waals surface area contributed by atoms with Crippen LogP contribution in [0.1, 0.15) is 27.2 Å². The first-order chi connectivity index (χ1) is 12.1. The SMILES string of the molecule is CC1=[C-]CC(C)=C1C.[Cl][Zr+2][Cl].c1ccc2[cH-]c(-n3cccc3)cc2c1. The monoisotopic (exact) mass is 447 g/mol. The first-order valence-electron chi connectivity index (χ1n) is 8.06. The molecule has 0 unspecified atom stereocenters. The summed E-state index contributed by atoms with van der Waals surface area (Å²) in [6, 6.07) is 16.9. The zero-order valence-electron chi connectivity index (χ0n) is 14.7. The van der Waals surface area contributed by atoms with Gasteiger partial charge in [0.25, 0.3) is 0 Å². The summed E-state index contributed by atoms with van der Waals surface area (Å²) in [4.78, 5) is 0. The molecule has 1 aliphatic carbocycles. The minimum absolute atomic E-state index is 0.826. The number of allylic oxidation sites excluding steroid dienone is 4. The Kier molecular flexibility index (Phi) is 8.36. The van der Waals surface area contributed by atoms with Crippen molar-refractivity contribution in [2.45, 2.75) is 27.2 Å². The van der Waals surface area contributed by atoms with E-state index >= 15 is 0 Å². The fourth-order valence-electron chi connectivity index (χ4n) is 2.64. The first kappa shape index (κ1) is 20.4. The molecule has 0 bridgehead atoms. The molecule has 0 fully saturated rings. The van der Waals surface area contributed by atoms with Gasteiger partial charge in [0.2, 0.25) is 0 Å². The summed E-state index contributed by atoms with van der Waals surface area (Å²) in [7, 11) is 9.87. The Morgan fingerprint density at radius 3 is 2.16 bits per heavy atom. The molecule has 25 heavy (non-hydrogen) atoms. The van der Waals surface area contributed by atoms with Crippen LogP contribution in [0.5, 0.6) is 0 Å². The van der Waals surface area contributed by atoms with Gasteiger partial charge in [0.05, 0.1) is 0 Å². The molecule has 1 aromatic heterocycles. The van der Waals surface area contributed by atoms with Crippen molar-refractivity contribution in [2.24, 2.45) is 0 Å². The van der Waals surface area contributed by atoms with Crippen LogP contribution in [0.15, 0.2) is 77.6 Å². The van der Waals surface area contributed by atoms with Crippen LogP contribution in [-0.2, 0) is 20.8 Å². The first-order valence-corrected chi connectivity index (χ1v) is 14.4. The van der Waals surface area contributed by atoms with Crippen LogP contribution in [0.25, 0.3) is 16.5 Å². The van der Waals surface area contributed by atoms with Gasteiger partial charge in [-0.3, -0.25) is 6.08 Å². The molecule has 3 aromatic rings.